The molecular formula is C12H16N2O5SSi. The molecule has 0 aliphatic heterocycles. The fourth-order valence-electron chi connectivity index (χ4n) is 1.87. The fourth-order valence-corrected chi connectivity index (χ4v) is 4.00. The minimum atomic E-state index is -2.73. The Bertz CT molecular complexity index is 608. The summed E-state index contributed by atoms with van der Waals surface area (Å²) >= 11 is 1.17. The molecule has 0 aliphatic carbocycles. The van der Waals surface area contributed by atoms with Gasteiger partial charge in [-0.25, -0.2) is 4.79 Å². The number of ether oxygens (including phenoxy) is 1. The van der Waals surface area contributed by atoms with E-state index in [9.17, 15) is 4.79 Å². The van der Waals surface area contributed by atoms with Crippen LogP contribution in [0.3, 0.4) is 0 Å². The lowest BCUT2D eigenvalue weighted by atomic mass is 10.2. The van der Waals surface area contributed by atoms with Crippen molar-refractivity contribution >= 4 is 36.5 Å². The van der Waals surface area contributed by atoms with Gasteiger partial charge in [0.25, 0.3) is 0 Å². The van der Waals surface area contributed by atoms with Crippen LogP contribution in [0.4, 0.5) is 0 Å². The Labute approximate surface area is 127 Å². The highest BCUT2D eigenvalue weighted by molar-refractivity contribution is 7.13. The first-order valence-electron chi connectivity index (χ1n) is 6.19. The van der Waals surface area contributed by atoms with Crippen LogP contribution in [0.25, 0.3) is 10.2 Å². The molecule has 0 saturated heterocycles. The van der Waals surface area contributed by atoms with Crippen molar-refractivity contribution in [3.8, 4) is 0 Å². The van der Waals surface area contributed by atoms with Crippen molar-refractivity contribution in [3.05, 3.63) is 23.8 Å². The maximum Gasteiger partial charge on any atom is 0.503 e. The van der Waals surface area contributed by atoms with Crippen molar-refractivity contribution < 1.29 is 22.8 Å². The summed E-state index contributed by atoms with van der Waals surface area (Å²) < 4.78 is 25.6. The van der Waals surface area contributed by atoms with Gasteiger partial charge in [-0.15, -0.1) is 5.10 Å². The molecule has 2 aromatic rings. The Kier molecular flexibility index (Phi) is 5.37. The standard InChI is InChI=1S/C12H16N2O5SSi/c1-16-21(17-2,18-3)8-7-19-12(15)9-5-4-6-10-11(9)20-14-13-10/h4-6H,7-8H2,1-3H3. The average molecular weight is 328 g/mol. The first-order valence-corrected chi connectivity index (χ1v) is 8.90. The van der Waals surface area contributed by atoms with E-state index in [1.54, 1.807) is 18.2 Å². The van der Waals surface area contributed by atoms with E-state index in [1.165, 1.54) is 32.9 Å². The van der Waals surface area contributed by atoms with Crippen LogP contribution in [0.15, 0.2) is 18.2 Å². The number of benzene rings is 1. The van der Waals surface area contributed by atoms with Gasteiger partial charge in [0.15, 0.2) is 0 Å². The summed E-state index contributed by atoms with van der Waals surface area (Å²) in [5, 5.41) is 3.93. The Morgan fingerprint density at radius 3 is 2.62 bits per heavy atom. The van der Waals surface area contributed by atoms with E-state index in [1.807, 2.05) is 0 Å². The van der Waals surface area contributed by atoms with Gasteiger partial charge >= 0.3 is 14.8 Å². The highest BCUT2D eigenvalue weighted by Crippen LogP contribution is 2.21. The summed E-state index contributed by atoms with van der Waals surface area (Å²) in [6.45, 7) is 0.156. The van der Waals surface area contributed by atoms with Gasteiger partial charge in [0.2, 0.25) is 0 Å². The summed E-state index contributed by atoms with van der Waals surface area (Å²) in [4.78, 5) is 12.1. The molecule has 0 unspecified atom stereocenters. The molecule has 0 N–H and O–H groups in total. The molecule has 1 aromatic heterocycles. The Hall–Kier alpha value is -1.39. The van der Waals surface area contributed by atoms with E-state index in [-0.39, 0.29) is 6.61 Å². The minimum absolute atomic E-state index is 0.156. The first kappa shape index (κ1) is 16.0. The van der Waals surface area contributed by atoms with Crippen LogP contribution in [0, 0.1) is 0 Å². The molecule has 0 saturated carbocycles. The van der Waals surface area contributed by atoms with Crippen LogP contribution in [0.5, 0.6) is 0 Å². The number of hydrogen-bond donors (Lipinski definition) is 0. The molecule has 0 bridgehead atoms. The third-order valence-corrected chi connectivity index (χ3v) is 6.53. The Morgan fingerprint density at radius 1 is 1.24 bits per heavy atom. The van der Waals surface area contributed by atoms with E-state index in [0.717, 1.165) is 4.70 Å². The quantitative estimate of drug-likeness (QED) is 0.565. The van der Waals surface area contributed by atoms with Crippen LogP contribution < -0.4 is 0 Å². The molecule has 0 fully saturated rings. The number of nitrogens with zero attached hydrogens (tertiary/aromatic N) is 2. The maximum atomic E-state index is 12.1. The highest BCUT2D eigenvalue weighted by Gasteiger charge is 2.37. The molecule has 0 spiro atoms. The lowest BCUT2D eigenvalue weighted by molar-refractivity contribution is 0.0493. The first-order chi connectivity index (χ1) is 10.2. The molecule has 21 heavy (non-hydrogen) atoms. The number of hydrogen-bond acceptors (Lipinski definition) is 8. The van der Waals surface area contributed by atoms with Gasteiger partial charge < -0.3 is 18.0 Å². The van der Waals surface area contributed by atoms with Crippen molar-refractivity contribution in [2.75, 3.05) is 27.9 Å². The molecule has 0 atom stereocenters. The van der Waals surface area contributed by atoms with Crippen molar-refractivity contribution in [1.29, 1.82) is 0 Å². The van der Waals surface area contributed by atoms with Crippen molar-refractivity contribution in [1.82, 2.24) is 9.59 Å². The second-order valence-corrected chi connectivity index (χ2v) is 7.95. The van der Waals surface area contributed by atoms with Crippen LogP contribution in [0.1, 0.15) is 10.4 Å². The minimum Gasteiger partial charge on any atom is -0.462 e. The normalized spacial score (nSPS) is 11.8. The number of esters is 1. The van der Waals surface area contributed by atoms with Gasteiger partial charge in [-0.3, -0.25) is 0 Å². The van der Waals surface area contributed by atoms with E-state index in [2.05, 4.69) is 9.59 Å². The average Bonchev–Trinajstić information content (AvgIpc) is 3.00. The molecule has 1 heterocycles. The van der Waals surface area contributed by atoms with E-state index in [4.69, 9.17) is 18.0 Å². The summed E-state index contributed by atoms with van der Waals surface area (Å²) in [5.74, 6) is -0.419. The van der Waals surface area contributed by atoms with Crippen molar-refractivity contribution in [2.24, 2.45) is 0 Å². The maximum absolute atomic E-state index is 12.1. The number of aromatic nitrogens is 2. The van der Waals surface area contributed by atoms with Crippen LogP contribution in [-0.2, 0) is 18.0 Å². The summed E-state index contributed by atoms with van der Waals surface area (Å²) in [5.41, 5.74) is 1.14. The largest absolute Gasteiger partial charge is 0.503 e. The van der Waals surface area contributed by atoms with Crippen LogP contribution >= 0.6 is 11.5 Å². The molecule has 114 valence electrons. The van der Waals surface area contributed by atoms with Crippen LogP contribution in [-0.4, -0.2) is 52.3 Å². The fraction of sp³-hybridized carbons (Fsp3) is 0.417. The third kappa shape index (κ3) is 3.44. The topological polar surface area (TPSA) is 79.8 Å². The molecule has 2 rings (SSSR count). The number of fused-ring (bicyclic) bond motifs is 1. The predicted molar refractivity (Wildman–Crippen MR) is 79.3 cm³/mol. The van der Waals surface area contributed by atoms with Gasteiger partial charge in [0.05, 0.1) is 22.9 Å². The van der Waals surface area contributed by atoms with Gasteiger partial charge in [-0.2, -0.15) is 0 Å². The Balaban J connectivity index is 2.01. The summed E-state index contributed by atoms with van der Waals surface area (Å²) in [6.07, 6.45) is 0. The molecule has 0 amide bonds. The van der Waals surface area contributed by atoms with Crippen molar-refractivity contribution in [2.45, 2.75) is 6.04 Å². The van der Waals surface area contributed by atoms with Gasteiger partial charge in [-0.1, -0.05) is 10.6 Å². The zero-order valence-electron chi connectivity index (χ0n) is 12.0. The smallest absolute Gasteiger partial charge is 0.462 e. The highest BCUT2D eigenvalue weighted by atomic mass is 32.1. The molecule has 9 heteroatoms. The second kappa shape index (κ2) is 7.05. The molecular weight excluding hydrogens is 312 g/mol. The lowest BCUT2D eigenvalue weighted by Crippen LogP contribution is -2.43. The van der Waals surface area contributed by atoms with Gasteiger partial charge in [-0.05, 0) is 23.7 Å². The van der Waals surface area contributed by atoms with E-state index in [0.29, 0.717) is 17.1 Å². The number of rotatable bonds is 7. The van der Waals surface area contributed by atoms with Gasteiger partial charge in [0.1, 0.15) is 5.52 Å². The Morgan fingerprint density at radius 2 is 1.95 bits per heavy atom. The molecule has 1 aromatic carbocycles. The lowest BCUT2D eigenvalue weighted by Gasteiger charge is -2.23. The number of carbonyl (C=O) groups is 1. The van der Waals surface area contributed by atoms with E-state index < -0.39 is 14.8 Å². The monoisotopic (exact) mass is 328 g/mol. The second-order valence-electron chi connectivity index (χ2n) is 4.11. The number of carbonyl (C=O) groups excluding carboxylic acids is 1. The predicted octanol–water partition coefficient (Wildman–Crippen LogP) is 1.73. The molecule has 0 radical (unpaired) electrons. The van der Waals surface area contributed by atoms with Crippen LogP contribution in [0.2, 0.25) is 6.04 Å². The molecule has 0 aliphatic rings. The zero-order chi connectivity index (χ0) is 15.3. The third-order valence-electron chi connectivity index (χ3n) is 3.07. The van der Waals surface area contributed by atoms with E-state index >= 15 is 0 Å². The summed E-state index contributed by atoms with van der Waals surface area (Å²) in [6, 6.07) is 5.63. The van der Waals surface area contributed by atoms with Gasteiger partial charge in [0, 0.05) is 21.3 Å². The van der Waals surface area contributed by atoms with Crippen molar-refractivity contribution in [3.63, 3.8) is 0 Å². The zero-order valence-corrected chi connectivity index (χ0v) is 13.8. The summed E-state index contributed by atoms with van der Waals surface area (Å²) in [7, 11) is 1.83. The molecule has 7 nitrogen and oxygen atoms in total. The SMILES string of the molecule is CO[Si](CCOC(=O)c1cccc2nnsc12)(OC)OC.